The van der Waals surface area contributed by atoms with Crippen molar-refractivity contribution in [2.45, 2.75) is 5.92 Å². The summed E-state index contributed by atoms with van der Waals surface area (Å²) in [4.78, 5) is 7.29. The first-order chi connectivity index (χ1) is 15.8. The smallest absolute Gasteiger partial charge is 0.0497 e. The fourth-order valence-electron chi connectivity index (χ4n) is 4.79. The first kappa shape index (κ1) is 19.1. The maximum absolute atomic E-state index is 3.81. The summed E-state index contributed by atoms with van der Waals surface area (Å²) < 4.78 is 1.07. The molecular formula is C29H21BrN2. The Balaban J connectivity index is 1.71. The van der Waals surface area contributed by atoms with Crippen LogP contribution in [0.15, 0.2) is 114 Å². The van der Waals surface area contributed by atoms with Crippen molar-refractivity contribution in [1.29, 1.82) is 0 Å². The Labute approximate surface area is 195 Å². The highest BCUT2D eigenvalue weighted by molar-refractivity contribution is 9.10. The fourth-order valence-corrected chi connectivity index (χ4v) is 5.15. The van der Waals surface area contributed by atoms with Gasteiger partial charge in [0.15, 0.2) is 0 Å². The number of fused-ring (bicyclic) bond motifs is 2. The minimum atomic E-state index is 0.0900. The monoisotopic (exact) mass is 476 g/mol. The van der Waals surface area contributed by atoms with Crippen LogP contribution >= 0.6 is 15.9 Å². The number of nitrogens with one attached hydrogen (secondary N) is 2. The number of para-hydroxylation sites is 1. The number of aromatic nitrogens is 2. The third-order valence-electron chi connectivity index (χ3n) is 6.20. The molecule has 0 bridgehead atoms. The van der Waals surface area contributed by atoms with Crippen LogP contribution in [0.25, 0.3) is 32.9 Å². The fraction of sp³-hybridized carbons (Fsp3) is 0.0345. The molecule has 6 aromatic rings. The SMILES string of the molecule is Brc1ccc2c(-c3c[nH]c4ccccc34)c(C(c3ccccc3)c3ccccc3)[nH]c2c1. The zero-order chi connectivity index (χ0) is 21.5. The summed E-state index contributed by atoms with van der Waals surface area (Å²) in [6.07, 6.45) is 2.14. The van der Waals surface area contributed by atoms with Crippen LogP contribution < -0.4 is 0 Å². The standard InChI is InChI=1S/C29H21BrN2/c30-21-15-16-23-26(17-21)32-29(28(23)24-18-31-25-14-8-7-13-22(24)25)27(19-9-3-1-4-10-19)20-11-5-2-6-12-20/h1-18,27,31-32H. The van der Waals surface area contributed by atoms with Crippen molar-refractivity contribution < 1.29 is 0 Å². The minimum Gasteiger partial charge on any atom is -0.361 e. The predicted molar refractivity (Wildman–Crippen MR) is 137 cm³/mol. The van der Waals surface area contributed by atoms with Gasteiger partial charge in [0.1, 0.15) is 0 Å². The van der Waals surface area contributed by atoms with Gasteiger partial charge in [0.2, 0.25) is 0 Å². The van der Waals surface area contributed by atoms with E-state index in [1.165, 1.54) is 38.7 Å². The number of aromatic amines is 2. The van der Waals surface area contributed by atoms with Gasteiger partial charge in [-0.1, -0.05) is 101 Å². The maximum Gasteiger partial charge on any atom is 0.0497 e. The van der Waals surface area contributed by atoms with E-state index >= 15 is 0 Å². The minimum absolute atomic E-state index is 0.0900. The van der Waals surface area contributed by atoms with Crippen LogP contribution in [0.4, 0.5) is 0 Å². The van der Waals surface area contributed by atoms with E-state index < -0.39 is 0 Å². The van der Waals surface area contributed by atoms with Crippen molar-refractivity contribution in [2.24, 2.45) is 0 Å². The van der Waals surface area contributed by atoms with E-state index in [1.807, 2.05) is 0 Å². The lowest BCUT2D eigenvalue weighted by Crippen LogP contribution is -2.05. The molecule has 3 heteroatoms. The Morgan fingerprint density at radius 1 is 0.625 bits per heavy atom. The second-order valence-electron chi connectivity index (χ2n) is 8.11. The summed E-state index contributed by atoms with van der Waals surface area (Å²) in [5.41, 5.74) is 8.50. The summed E-state index contributed by atoms with van der Waals surface area (Å²) >= 11 is 3.66. The van der Waals surface area contributed by atoms with E-state index in [9.17, 15) is 0 Å². The molecule has 6 rings (SSSR count). The van der Waals surface area contributed by atoms with E-state index in [1.54, 1.807) is 0 Å². The summed E-state index contributed by atoms with van der Waals surface area (Å²) in [5, 5.41) is 2.46. The third-order valence-corrected chi connectivity index (χ3v) is 6.70. The van der Waals surface area contributed by atoms with E-state index in [4.69, 9.17) is 0 Å². The topological polar surface area (TPSA) is 31.6 Å². The number of halogens is 1. The summed E-state index contributed by atoms with van der Waals surface area (Å²) in [5.74, 6) is 0.0900. The van der Waals surface area contributed by atoms with Gasteiger partial charge in [-0.05, 0) is 29.3 Å². The number of rotatable bonds is 4. The Hall–Kier alpha value is -3.56. The van der Waals surface area contributed by atoms with Gasteiger partial charge in [-0.15, -0.1) is 0 Å². The molecule has 2 aromatic heterocycles. The molecule has 32 heavy (non-hydrogen) atoms. The molecule has 2 heterocycles. The van der Waals surface area contributed by atoms with Gasteiger partial charge in [0.05, 0.1) is 0 Å². The second kappa shape index (κ2) is 7.85. The molecule has 0 saturated heterocycles. The normalized spacial score (nSPS) is 11.6. The van der Waals surface area contributed by atoms with Crippen LogP contribution in [0.3, 0.4) is 0 Å². The molecule has 0 saturated carbocycles. The van der Waals surface area contributed by atoms with Gasteiger partial charge in [-0.2, -0.15) is 0 Å². The lowest BCUT2D eigenvalue weighted by molar-refractivity contribution is 0.941. The van der Waals surface area contributed by atoms with Gasteiger partial charge < -0.3 is 9.97 Å². The molecule has 0 spiro atoms. The first-order valence-corrected chi connectivity index (χ1v) is 11.6. The number of benzene rings is 4. The molecule has 0 fully saturated rings. The Morgan fingerprint density at radius 2 is 1.28 bits per heavy atom. The van der Waals surface area contributed by atoms with Crippen molar-refractivity contribution >= 4 is 37.7 Å². The van der Waals surface area contributed by atoms with Crippen LogP contribution in [-0.4, -0.2) is 9.97 Å². The van der Waals surface area contributed by atoms with Crippen molar-refractivity contribution in [3.05, 3.63) is 131 Å². The van der Waals surface area contributed by atoms with Crippen LogP contribution in [0.5, 0.6) is 0 Å². The molecule has 0 atom stereocenters. The van der Waals surface area contributed by atoms with E-state index in [2.05, 4.69) is 135 Å². The Bertz CT molecular complexity index is 1490. The van der Waals surface area contributed by atoms with Crippen LogP contribution in [-0.2, 0) is 0 Å². The van der Waals surface area contributed by atoms with Crippen LogP contribution in [0.1, 0.15) is 22.7 Å². The Morgan fingerprint density at radius 3 is 2.00 bits per heavy atom. The van der Waals surface area contributed by atoms with Gasteiger partial charge in [0.25, 0.3) is 0 Å². The van der Waals surface area contributed by atoms with Gasteiger partial charge in [-0.25, -0.2) is 0 Å². The van der Waals surface area contributed by atoms with E-state index in [-0.39, 0.29) is 5.92 Å². The summed E-state index contributed by atoms with van der Waals surface area (Å²) in [7, 11) is 0. The number of hydrogen-bond acceptors (Lipinski definition) is 0. The lowest BCUT2D eigenvalue weighted by Gasteiger charge is -2.19. The molecule has 154 valence electrons. The zero-order valence-corrected chi connectivity index (χ0v) is 18.9. The molecule has 0 radical (unpaired) electrons. The van der Waals surface area contributed by atoms with Crippen molar-refractivity contribution in [3.63, 3.8) is 0 Å². The van der Waals surface area contributed by atoms with Gasteiger partial charge in [0, 0.05) is 55.2 Å². The van der Waals surface area contributed by atoms with Crippen molar-refractivity contribution in [1.82, 2.24) is 9.97 Å². The number of H-pyrrole nitrogens is 2. The molecule has 0 aliphatic carbocycles. The van der Waals surface area contributed by atoms with Gasteiger partial charge in [-0.3, -0.25) is 0 Å². The van der Waals surface area contributed by atoms with Crippen molar-refractivity contribution in [3.8, 4) is 11.1 Å². The predicted octanol–water partition coefficient (Wildman–Crippen LogP) is 8.26. The van der Waals surface area contributed by atoms with E-state index in [0.29, 0.717) is 0 Å². The molecule has 0 unspecified atom stereocenters. The molecule has 4 aromatic carbocycles. The van der Waals surface area contributed by atoms with Gasteiger partial charge >= 0.3 is 0 Å². The lowest BCUT2D eigenvalue weighted by atomic mass is 9.85. The maximum atomic E-state index is 3.81. The molecule has 0 aliphatic heterocycles. The summed E-state index contributed by atoms with van der Waals surface area (Å²) in [6, 6.07) is 36.5. The first-order valence-electron chi connectivity index (χ1n) is 10.8. The average molecular weight is 477 g/mol. The third kappa shape index (κ3) is 3.17. The highest BCUT2D eigenvalue weighted by atomic mass is 79.9. The number of hydrogen-bond donors (Lipinski definition) is 2. The van der Waals surface area contributed by atoms with Crippen LogP contribution in [0.2, 0.25) is 0 Å². The largest absolute Gasteiger partial charge is 0.361 e. The molecule has 0 amide bonds. The zero-order valence-electron chi connectivity index (χ0n) is 17.3. The molecule has 2 N–H and O–H groups in total. The summed E-state index contributed by atoms with van der Waals surface area (Å²) in [6.45, 7) is 0. The van der Waals surface area contributed by atoms with Crippen molar-refractivity contribution in [2.75, 3.05) is 0 Å². The quantitative estimate of drug-likeness (QED) is 0.256. The Kier molecular flexibility index (Phi) is 4.70. The molecular weight excluding hydrogens is 456 g/mol. The highest BCUT2D eigenvalue weighted by Crippen LogP contribution is 2.44. The average Bonchev–Trinajstić information content (AvgIpc) is 3.41. The highest BCUT2D eigenvalue weighted by Gasteiger charge is 2.25. The molecule has 2 nitrogen and oxygen atoms in total. The van der Waals surface area contributed by atoms with E-state index in [0.717, 1.165) is 15.5 Å². The second-order valence-corrected chi connectivity index (χ2v) is 9.02. The van der Waals surface area contributed by atoms with Crippen LogP contribution in [0, 0.1) is 0 Å². The molecule has 0 aliphatic rings.